The molecule has 0 bridgehead atoms. The molecule has 0 fully saturated rings. The number of carboxylic acid groups (broad SMARTS) is 1. The Balaban J connectivity index is 2.32. The van der Waals surface area contributed by atoms with E-state index < -0.39 is 5.97 Å². The third-order valence-electron chi connectivity index (χ3n) is 2.74. The number of hydrogen-bond acceptors (Lipinski definition) is 3. The minimum Gasteiger partial charge on any atom is -0.493 e. The molecule has 0 aliphatic heterocycles. The van der Waals surface area contributed by atoms with Gasteiger partial charge in [0.05, 0.1) is 7.11 Å². The first-order valence-corrected chi connectivity index (χ1v) is 7.16. The van der Waals surface area contributed by atoms with Gasteiger partial charge in [0.2, 0.25) is 0 Å². The Bertz CT molecular complexity index is 673. The third-order valence-corrected chi connectivity index (χ3v) is 3.45. The standard InChI is InChI=1S/C15H12BrClO4/c1-20-13-7-11(17)6-12(15(18)19)14(13)21-8-9-3-2-4-10(16)5-9/h2-7H,8H2,1H3,(H,18,19). The fourth-order valence-corrected chi connectivity index (χ4v) is 2.47. The lowest BCUT2D eigenvalue weighted by Crippen LogP contribution is -2.05. The first kappa shape index (κ1) is 15.7. The molecule has 0 unspecified atom stereocenters. The van der Waals surface area contributed by atoms with Gasteiger partial charge < -0.3 is 14.6 Å². The highest BCUT2D eigenvalue weighted by atomic mass is 79.9. The van der Waals surface area contributed by atoms with Gasteiger partial charge in [0.25, 0.3) is 0 Å². The van der Waals surface area contributed by atoms with Gasteiger partial charge in [-0.2, -0.15) is 0 Å². The lowest BCUT2D eigenvalue weighted by molar-refractivity contribution is 0.0691. The maximum atomic E-state index is 11.3. The van der Waals surface area contributed by atoms with Gasteiger partial charge in [0.1, 0.15) is 12.2 Å². The number of aromatic carboxylic acids is 1. The van der Waals surface area contributed by atoms with Crippen molar-refractivity contribution >= 4 is 33.5 Å². The van der Waals surface area contributed by atoms with Gasteiger partial charge in [-0.25, -0.2) is 4.79 Å². The molecule has 0 heterocycles. The van der Waals surface area contributed by atoms with Crippen molar-refractivity contribution in [2.24, 2.45) is 0 Å². The molecule has 4 nitrogen and oxygen atoms in total. The number of rotatable bonds is 5. The van der Waals surface area contributed by atoms with E-state index in [1.165, 1.54) is 19.2 Å². The van der Waals surface area contributed by atoms with Crippen LogP contribution in [0, 0.1) is 0 Å². The number of carbonyl (C=O) groups is 1. The maximum Gasteiger partial charge on any atom is 0.339 e. The highest BCUT2D eigenvalue weighted by Crippen LogP contribution is 2.35. The number of carboxylic acids is 1. The molecule has 0 aliphatic rings. The third kappa shape index (κ3) is 3.89. The number of ether oxygens (including phenoxy) is 2. The van der Waals surface area contributed by atoms with Crippen molar-refractivity contribution in [3.05, 3.63) is 57.0 Å². The van der Waals surface area contributed by atoms with Gasteiger partial charge in [0, 0.05) is 15.6 Å². The lowest BCUT2D eigenvalue weighted by atomic mass is 10.2. The predicted molar refractivity (Wildman–Crippen MR) is 83.4 cm³/mol. The number of benzene rings is 2. The summed E-state index contributed by atoms with van der Waals surface area (Å²) >= 11 is 9.25. The molecule has 2 aromatic carbocycles. The summed E-state index contributed by atoms with van der Waals surface area (Å²) in [6.45, 7) is 0.220. The van der Waals surface area contributed by atoms with Gasteiger partial charge in [0.15, 0.2) is 11.5 Å². The van der Waals surface area contributed by atoms with Gasteiger partial charge in [-0.05, 0) is 23.8 Å². The van der Waals surface area contributed by atoms with Gasteiger partial charge >= 0.3 is 5.97 Å². The molecule has 0 spiro atoms. The molecular formula is C15H12BrClO4. The minimum atomic E-state index is -1.12. The maximum absolute atomic E-state index is 11.3. The van der Waals surface area contributed by atoms with Gasteiger partial charge in [-0.1, -0.05) is 39.7 Å². The van der Waals surface area contributed by atoms with E-state index in [0.29, 0.717) is 0 Å². The molecule has 110 valence electrons. The average Bonchev–Trinajstić information content (AvgIpc) is 2.45. The normalized spacial score (nSPS) is 10.2. The first-order valence-electron chi connectivity index (χ1n) is 5.99. The molecule has 0 aromatic heterocycles. The highest BCUT2D eigenvalue weighted by molar-refractivity contribution is 9.10. The summed E-state index contributed by atoms with van der Waals surface area (Å²) < 4.78 is 11.7. The molecule has 1 N–H and O–H groups in total. The molecule has 2 rings (SSSR count). The fourth-order valence-electron chi connectivity index (χ4n) is 1.81. The van der Waals surface area contributed by atoms with Crippen molar-refractivity contribution in [1.29, 1.82) is 0 Å². The van der Waals surface area contributed by atoms with Crippen LogP contribution < -0.4 is 9.47 Å². The zero-order valence-corrected chi connectivity index (χ0v) is 13.4. The van der Waals surface area contributed by atoms with E-state index in [1.54, 1.807) is 0 Å². The van der Waals surface area contributed by atoms with Crippen molar-refractivity contribution in [3.8, 4) is 11.5 Å². The highest BCUT2D eigenvalue weighted by Gasteiger charge is 2.18. The van der Waals surface area contributed by atoms with E-state index in [4.69, 9.17) is 21.1 Å². The zero-order chi connectivity index (χ0) is 15.4. The van der Waals surface area contributed by atoms with Crippen molar-refractivity contribution in [2.45, 2.75) is 6.61 Å². The Morgan fingerprint density at radius 3 is 2.71 bits per heavy atom. The van der Waals surface area contributed by atoms with Crippen LogP contribution in [0.5, 0.6) is 11.5 Å². The number of hydrogen-bond donors (Lipinski definition) is 1. The van der Waals surface area contributed by atoms with Crippen LogP contribution in [0.4, 0.5) is 0 Å². The Hall–Kier alpha value is -1.72. The summed E-state index contributed by atoms with van der Waals surface area (Å²) in [5.74, 6) is -0.677. The Morgan fingerprint density at radius 1 is 1.33 bits per heavy atom. The van der Waals surface area contributed by atoms with Crippen molar-refractivity contribution < 1.29 is 19.4 Å². The topological polar surface area (TPSA) is 55.8 Å². The van der Waals surface area contributed by atoms with Gasteiger partial charge in [-0.15, -0.1) is 0 Å². The molecule has 0 saturated carbocycles. The summed E-state index contributed by atoms with van der Waals surface area (Å²) in [6.07, 6.45) is 0. The van der Waals surface area contributed by atoms with Crippen LogP contribution in [-0.2, 0) is 6.61 Å². The molecule has 0 aliphatic carbocycles. The van der Waals surface area contributed by atoms with E-state index in [2.05, 4.69) is 15.9 Å². The molecular weight excluding hydrogens is 360 g/mol. The Morgan fingerprint density at radius 2 is 2.10 bits per heavy atom. The second-order valence-electron chi connectivity index (χ2n) is 4.21. The minimum absolute atomic E-state index is 0.0330. The molecule has 0 atom stereocenters. The van der Waals surface area contributed by atoms with Crippen molar-refractivity contribution in [1.82, 2.24) is 0 Å². The summed E-state index contributed by atoms with van der Waals surface area (Å²) in [5.41, 5.74) is 0.868. The molecule has 0 amide bonds. The SMILES string of the molecule is COc1cc(Cl)cc(C(=O)O)c1OCc1cccc(Br)c1. The largest absolute Gasteiger partial charge is 0.493 e. The predicted octanol–water partition coefficient (Wildman–Crippen LogP) is 4.39. The van der Waals surface area contributed by atoms with Crippen LogP contribution in [-0.4, -0.2) is 18.2 Å². The van der Waals surface area contributed by atoms with E-state index in [9.17, 15) is 9.90 Å². The van der Waals surface area contributed by atoms with E-state index in [1.807, 2.05) is 24.3 Å². The van der Waals surface area contributed by atoms with Crippen LogP contribution in [0.1, 0.15) is 15.9 Å². The Kier molecular flexibility index (Phi) is 5.09. The average molecular weight is 372 g/mol. The summed E-state index contributed by atoms with van der Waals surface area (Å²) in [6, 6.07) is 10.4. The van der Waals surface area contributed by atoms with Crippen LogP contribution in [0.15, 0.2) is 40.9 Å². The van der Waals surface area contributed by atoms with E-state index in [-0.39, 0.29) is 28.7 Å². The molecule has 0 radical (unpaired) electrons. The molecule has 0 saturated heterocycles. The van der Waals surface area contributed by atoms with E-state index >= 15 is 0 Å². The number of halogens is 2. The number of methoxy groups -OCH3 is 1. The second-order valence-corrected chi connectivity index (χ2v) is 5.56. The summed E-state index contributed by atoms with van der Waals surface area (Å²) in [4.78, 5) is 11.3. The molecule has 2 aromatic rings. The van der Waals surface area contributed by atoms with Crippen molar-refractivity contribution in [2.75, 3.05) is 7.11 Å². The summed E-state index contributed by atoms with van der Waals surface area (Å²) in [5, 5.41) is 9.53. The van der Waals surface area contributed by atoms with Crippen LogP contribution >= 0.6 is 27.5 Å². The Labute approximate surface area is 135 Å². The zero-order valence-electron chi connectivity index (χ0n) is 11.1. The van der Waals surface area contributed by atoms with Crippen LogP contribution in [0.25, 0.3) is 0 Å². The monoisotopic (exact) mass is 370 g/mol. The van der Waals surface area contributed by atoms with Crippen LogP contribution in [0.3, 0.4) is 0 Å². The van der Waals surface area contributed by atoms with Crippen LogP contribution in [0.2, 0.25) is 5.02 Å². The summed E-state index contributed by atoms with van der Waals surface area (Å²) in [7, 11) is 1.43. The fraction of sp³-hybridized carbons (Fsp3) is 0.133. The van der Waals surface area contributed by atoms with Crippen molar-refractivity contribution in [3.63, 3.8) is 0 Å². The quantitative estimate of drug-likeness (QED) is 0.847. The van der Waals surface area contributed by atoms with Gasteiger partial charge in [-0.3, -0.25) is 0 Å². The second kappa shape index (κ2) is 6.83. The molecule has 6 heteroatoms. The smallest absolute Gasteiger partial charge is 0.339 e. The lowest BCUT2D eigenvalue weighted by Gasteiger charge is -2.14. The molecule has 21 heavy (non-hydrogen) atoms. The first-order chi connectivity index (χ1) is 10.0. The van der Waals surface area contributed by atoms with E-state index in [0.717, 1.165) is 10.0 Å².